The van der Waals surface area contributed by atoms with Gasteiger partial charge in [-0.05, 0) is 24.3 Å². The van der Waals surface area contributed by atoms with Crippen molar-refractivity contribution >= 4 is 12.3 Å². The lowest BCUT2D eigenvalue weighted by Gasteiger charge is -2.14. The van der Waals surface area contributed by atoms with Crippen LogP contribution in [0.4, 0.5) is 0 Å². The summed E-state index contributed by atoms with van der Waals surface area (Å²) in [6.45, 7) is 0.0458. The van der Waals surface area contributed by atoms with Gasteiger partial charge in [0.2, 0.25) is 11.5 Å². The summed E-state index contributed by atoms with van der Waals surface area (Å²) in [6.07, 6.45) is 0.685. The molecule has 2 rings (SSSR count). The fourth-order valence-electron chi connectivity index (χ4n) is 1.92. The van der Waals surface area contributed by atoms with Crippen molar-refractivity contribution in [3.8, 4) is 17.2 Å². The Morgan fingerprint density at radius 3 is 2.30 bits per heavy atom. The average molecular weight is 320 g/mol. The maximum Gasteiger partial charge on any atom is 0.373 e. The van der Waals surface area contributed by atoms with Crippen LogP contribution in [-0.4, -0.2) is 33.6 Å². The summed E-state index contributed by atoms with van der Waals surface area (Å²) in [5.74, 6) is 0.978. The van der Waals surface area contributed by atoms with E-state index in [1.165, 1.54) is 39.5 Å². The Hall–Kier alpha value is -2.96. The third kappa shape index (κ3) is 3.63. The van der Waals surface area contributed by atoms with Gasteiger partial charge in [-0.1, -0.05) is 0 Å². The molecule has 0 unspecified atom stereocenters. The second-order valence-electron chi connectivity index (χ2n) is 4.42. The third-order valence-electron chi connectivity index (χ3n) is 3.03. The van der Waals surface area contributed by atoms with Crippen molar-refractivity contribution in [2.24, 2.45) is 0 Å². The summed E-state index contributed by atoms with van der Waals surface area (Å²) in [6, 6.07) is 6.17. The van der Waals surface area contributed by atoms with E-state index in [9.17, 15) is 9.59 Å². The van der Waals surface area contributed by atoms with E-state index >= 15 is 0 Å². The van der Waals surface area contributed by atoms with Crippen LogP contribution in [0.25, 0.3) is 0 Å². The zero-order valence-electron chi connectivity index (χ0n) is 13.0. The lowest BCUT2D eigenvalue weighted by atomic mass is 10.2. The first-order chi connectivity index (χ1) is 11.1. The van der Waals surface area contributed by atoms with Crippen LogP contribution >= 0.6 is 0 Å². The number of methoxy groups -OCH3 is 3. The Morgan fingerprint density at radius 1 is 1.13 bits per heavy atom. The number of aldehydes is 1. The summed E-state index contributed by atoms with van der Waals surface area (Å²) in [7, 11) is 4.18. The molecule has 0 aliphatic carbocycles. The van der Waals surface area contributed by atoms with Crippen LogP contribution in [0, 0.1) is 0 Å². The van der Waals surface area contributed by atoms with Gasteiger partial charge in [0.1, 0.15) is 18.7 Å². The highest BCUT2D eigenvalue weighted by molar-refractivity contribution is 5.86. The van der Waals surface area contributed by atoms with Crippen molar-refractivity contribution in [2.75, 3.05) is 21.3 Å². The first kappa shape index (κ1) is 16.4. The molecule has 0 bridgehead atoms. The molecule has 0 aliphatic heterocycles. The van der Waals surface area contributed by atoms with Crippen LogP contribution in [0.15, 0.2) is 28.7 Å². The van der Waals surface area contributed by atoms with Gasteiger partial charge in [0, 0.05) is 5.56 Å². The molecule has 1 aromatic carbocycles. The Kier molecular flexibility index (Phi) is 5.24. The number of esters is 1. The number of ether oxygens (including phenoxy) is 4. The minimum Gasteiger partial charge on any atom is -0.493 e. The molecule has 1 heterocycles. The van der Waals surface area contributed by atoms with Crippen LogP contribution in [0.1, 0.15) is 26.7 Å². The van der Waals surface area contributed by atoms with E-state index in [2.05, 4.69) is 4.74 Å². The molecule has 0 spiro atoms. The smallest absolute Gasteiger partial charge is 0.373 e. The van der Waals surface area contributed by atoms with E-state index in [-0.39, 0.29) is 12.4 Å². The van der Waals surface area contributed by atoms with Gasteiger partial charge in [0.05, 0.1) is 21.3 Å². The van der Waals surface area contributed by atoms with E-state index in [0.717, 1.165) is 0 Å². The van der Waals surface area contributed by atoms with Crippen LogP contribution in [0.2, 0.25) is 0 Å². The number of rotatable bonds is 7. The van der Waals surface area contributed by atoms with E-state index in [1.54, 1.807) is 6.07 Å². The predicted octanol–water partition coefficient (Wildman–Crippen LogP) is 2.47. The van der Waals surface area contributed by atoms with Gasteiger partial charge in [-0.2, -0.15) is 0 Å². The van der Waals surface area contributed by atoms with Gasteiger partial charge in [-0.25, -0.2) is 4.79 Å². The van der Waals surface area contributed by atoms with Gasteiger partial charge in [0.25, 0.3) is 0 Å². The normalized spacial score (nSPS) is 10.0. The molecule has 1 aromatic heterocycles. The van der Waals surface area contributed by atoms with Gasteiger partial charge in [-0.3, -0.25) is 4.79 Å². The van der Waals surface area contributed by atoms with Crippen molar-refractivity contribution in [2.45, 2.75) is 6.61 Å². The lowest BCUT2D eigenvalue weighted by molar-refractivity contribution is 0.0560. The number of furan rings is 1. The molecule has 7 heteroatoms. The maximum atomic E-state index is 11.3. The SMILES string of the molecule is COC(=O)c1ccc(COc2c(OC)cc(C=O)cc2OC)o1. The molecule has 122 valence electrons. The minimum absolute atomic E-state index is 0.0458. The molecule has 0 fully saturated rings. The highest BCUT2D eigenvalue weighted by atomic mass is 16.5. The van der Waals surface area contributed by atoms with E-state index in [0.29, 0.717) is 34.9 Å². The fraction of sp³-hybridized carbons (Fsp3) is 0.250. The number of carbonyl (C=O) groups excluding carboxylic acids is 2. The second kappa shape index (κ2) is 7.35. The number of hydrogen-bond donors (Lipinski definition) is 0. The van der Waals surface area contributed by atoms with Gasteiger partial charge < -0.3 is 23.4 Å². The molecule has 0 N–H and O–H groups in total. The monoisotopic (exact) mass is 320 g/mol. The first-order valence-corrected chi connectivity index (χ1v) is 6.64. The lowest BCUT2D eigenvalue weighted by Crippen LogP contribution is -2.01. The predicted molar refractivity (Wildman–Crippen MR) is 79.3 cm³/mol. The number of carbonyl (C=O) groups is 2. The third-order valence-corrected chi connectivity index (χ3v) is 3.03. The zero-order valence-corrected chi connectivity index (χ0v) is 13.0. The molecule has 0 radical (unpaired) electrons. The van der Waals surface area contributed by atoms with Crippen molar-refractivity contribution < 1.29 is 33.0 Å². The Morgan fingerprint density at radius 2 is 1.78 bits per heavy atom. The van der Waals surface area contributed by atoms with Crippen molar-refractivity contribution in [3.05, 3.63) is 41.3 Å². The number of benzene rings is 1. The quantitative estimate of drug-likeness (QED) is 0.572. The largest absolute Gasteiger partial charge is 0.493 e. The molecule has 0 saturated heterocycles. The van der Waals surface area contributed by atoms with Crippen molar-refractivity contribution in [1.29, 1.82) is 0 Å². The van der Waals surface area contributed by atoms with Crippen LogP contribution in [0.5, 0.6) is 17.2 Å². The van der Waals surface area contributed by atoms with Gasteiger partial charge >= 0.3 is 5.97 Å². The summed E-state index contributed by atoms with van der Waals surface area (Å²) in [5, 5.41) is 0. The summed E-state index contributed by atoms with van der Waals surface area (Å²) < 4.78 is 25.9. The highest BCUT2D eigenvalue weighted by Gasteiger charge is 2.16. The summed E-state index contributed by atoms with van der Waals surface area (Å²) in [5.41, 5.74) is 0.400. The molecule has 0 aliphatic rings. The minimum atomic E-state index is -0.568. The van der Waals surface area contributed by atoms with Crippen LogP contribution < -0.4 is 14.2 Å². The van der Waals surface area contributed by atoms with E-state index in [1.807, 2.05) is 0 Å². The zero-order chi connectivity index (χ0) is 16.8. The van der Waals surface area contributed by atoms with Gasteiger partial charge in [0.15, 0.2) is 11.5 Å². The van der Waals surface area contributed by atoms with Crippen LogP contribution in [-0.2, 0) is 11.3 Å². The van der Waals surface area contributed by atoms with E-state index in [4.69, 9.17) is 18.6 Å². The fourth-order valence-corrected chi connectivity index (χ4v) is 1.92. The van der Waals surface area contributed by atoms with E-state index < -0.39 is 5.97 Å². The van der Waals surface area contributed by atoms with Crippen molar-refractivity contribution in [1.82, 2.24) is 0 Å². The summed E-state index contributed by atoms with van der Waals surface area (Å²) in [4.78, 5) is 22.3. The molecular formula is C16H16O7. The maximum absolute atomic E-state index is 11.3. The standard InChI is InChI=1S/C16H16O7/c1-19-13-6-10(8-17)7-14(20-2)15(13)22-9-11-4-5-12(23-11)16(18)21-3/h4-8H,9H2,1-3H3. The molecule has 23 heavy (non-hydrogen) atoms. The first-order valence-electron chi connectivity index (χ1n) is 6.64. The Bertz CT molecular complexity index is 677. The average Bonchev–Trinajstić information content (AvgIpc) is 3.07. The number of hydrogen-bond acceptors (Lipinski definition) is 7. The van der Waals surface area contributed by atoms with Gasteiger partial charge in [-0.15, -0.1) is 0 Å². The van der Waals surface area contributed by atoms with Crippen molar-refractivity contribution in [3.63, 3.8) is 0 Å². The van der Waals surface area contributed by atoms with Crippen LogP contribution in [0.3, 0.4) is 0 Å². The molecule has 0 saturated carbocycles. The molecule has 7 nitrogen and oxygen atoms in total. The Labute approximate surface area is 132 Å². The molecule has 0 atom stereocenters. The molecule has 0 amide bonds. The molecular weight excluding hydrogens is 304 g/mol. The topological polar surface area (TPSA) is 84.2 Å². The Balaban J connectivity index is 2.21. The molecule has 2 aromatic rings. The highest BCUT2D eigenvalue weighted by Crippen LogP contribution is 2.38. The summed E-state index contributed by atoms with van der Waals surface area (Å²) >= 11 is 0. The second-order valence-corrected chi connectivity index (χ2v) is 4.42.